The van der Waals surface area contributed by atoms with Crippen molar-refractivity contribution in [3.05, 3.63) is 34.9 Å². The second kappa shape index (κ2) is 8.13. The van der Waals surface area contributed by atoms with Gasteiger partial charge in [0.1, 0.15) is 0 Å². The van der Waals surface area contributed by atoms with Gasteiger partial charge in [0.05, 0.1) is 11.3 Å². The Hall–Kier alpha value is -0.420. The minimum atomic E-state index is -0.0110. The molecule has 0 aliphatic carbocycles. The molecule has 0 saturated carbocycles. The second-order valence-electron chi connectivity index (χ2n) is 4.65. The van der Waals surface area contributed by atoms with Gasteiger partial charge < -0.3 is 10.2 Å². The molecule has 1 N–H and O–H groups in total. The highest BCUT2D eigenvalue weighted by molar-refractivity contribution is 7.99. The molecule has 1 saturated heterocycles. The Kier molecular flexibility index (Phi) is 7.17. The summed E-state index contributed by atoms with van der Waals surface area (Å²) in [5.41, 5.74) is 1.03. The molecule has 1 aliphatic rings. The highest BCUT2D eigenvalue weighted by Gasteiger charge is 2.31. The van der Waals surface area contributed by atoms with Crippen molar-refractivity contribution in [3.63, 3.8) is 0 Å². The van der Waals surface area contributed by atoms with Crippen molar-refractivity contribution in [2.45, 2.75) is 18.2 Å². The van der Waals surface area contributed by atoms with E-state index in [1.807, 2.05) is 42.3 Å². The monoisotopic (exact) mass is 334 g/mol. The Morgan fingerprint density at radius 1 is 1.50 bits per heavy atom. The van der Waals surface area contributed by atoms with E-state index < -0.39 is 0 Å². The predicted octanol–water partition coefficient (Wildman–Crippen LogP) is 2.99. The van der Waals surface area contributed by atoms with Crippen LogP contribution < -0.4 is 5.32 Å². The lowest BCUT2D eigenvalue weighted by Crippen LogP contribution is -2.50. The first kappa shape index (κ1) is 17.6. The van der Waals surface area contributed by atoms with E-state index in [-0.39, 0.29) is 29.6 Å². The van der Waals surface area contributed by atoms with Crippen LogP contribution in [0.25, 0.3) is 0 Å². The molecule has 0 bridgehead atoms. The minimum absolute atomic E-state index is 0. The number of hydrogen-bond donors (Lipinski definition) is 1. The number of carbonyl (C=O) groups excluding carboxylic acids is 1. The van der Waals surface area contributed by atoms with E-state index in [0.29, 0.717) is 0 Å². The first-order chi connectivity index (χ1) is 9.15. The number of amides is 1. The summed E-state index contributed by atoms with van der Waals surface area (Å²) in [6, 6.07) is 7.80. The molecule has 2 rings (SSSR count). The van der Waals surface area contributed by atoms with E-state index in [1.165, 1.54) is 0 Å². The van der Waals surface area contributed by atoms with E-state index >= 15 is 0 Å². The fourth-order valence-corrected chi connectivity index (χ4v) is 2.92. The first-order valence-corrected chi connectivity index (χ1v) is 8.10. The fourth-order valence-electron chi connectivity index (χ4n) is 2.33. The average molecular weight is 335 g/mol. The normalized spacial score (nSPS) is 20.1. The Labute approximate surface area is 135 Å². The van der Waals surface area contributed by atoms with Crippen LogP contribution in [0, 0.1) is 0 Å². The van der Waals surface area contributed by atoms with Crippen LogP contribution in [0.5, 0.6) is 0 Å². The lowest BCUT2D eigenvalue weighted by Gasteiger charge is -2.38. The van der Waals surface area contributed by atoms with Gasteiger partial charge in [-0.05, 0) is 24.8 Å². The van der Waals surface area contributed by atoms with Crippen LogP contribution in [-0.4, -0.2) is 41.9 Å². The highest BCUT2D eigenvalue weighted by atomic mass is 35.5. The number of nitrogens with zero attached hydrogens (tertiary/aromatic N) is 1. The lowest BCUT2D eigenvalue weighted by atomic mass is 10.0. The number of carbonyl (C=O) groups is 1. The van der Waals surface area contributed by atoms with Crippen LogP contribution in [0.2, 0.25) is 5.02 Å². The number of rotatable bonds is 3. The molecular weight excluding hydrogens is 315 g/mol. The second-order valence-corrected chi connectivity index (χ2v) is 6.24. The van der Waals surface area contributed by atoms with Crippen molar-refractivity contribution in [1.29, 1.82) is 0 Å². The molecule has 6 heteroatoms. The van der Waals surface area contributed by atoms with Crippen LogP contribution in [-0.2, 0) is 4.79 Å². The zero-order chi connectivity index (χ0) is 13.8. The van der Waals surface area contributed by atoms with E-state index in [1.54, 1.807) is 11.8 Å². The molecular formula is C14H20Cl2N2OS. The fraction of sp³-hybridized carbons (Fsp3) is 0.500. The number of thioether (sulfide) groups is 1. The third-order valence-electron chi connectivity index (χ3n) is 3.49. The summed E-state index contributed by atoms with van der Waals surface area (Å²) in [5.74, 6) is 0.193. The summed E-state index contributed by atoms with van der Waals surface area (Å²) < 4.78 is 0. The van der Waals surface area contributed by atoms with Gasteiger partial charge in [-0.1, -0.05) is 29.8 Å². The zero-order valence-electron chi connectivity index (χ0n) is 11.6. The number of nitrogens with one attached hydrogen (secondary N) is 1. The van der Waals surface area contributed by atoms with Crippen LogP contribution in [0.3, 0.4) is 0 Å². The van der Waals surface area contributed by atoms with Crippen LogP contribution in [0.4, 0.5) is 0 Å². The third-order valence-corrected chi connectivity index (χ3v) is 4.74. The van der Waals surface area contributed by atoms with E-state index in [9.17, 15) is 4.79 Å². The highest BCUT2D eigenvalue weighted by Crippen LogP contribution is 2.29. The van der Waals surface area contributed by atoms with Crippen LogP contribution in [0.1, 0.15) is 18.5 Å². The van der Waals surface area contributed by atoms with Crippen molar-refractivity contribution in [2.75, 3.05) is 25.9 Å². The summed E-state index contributed by atoms with van der Waals surface area (Å²) in [5, 5.41) is 4.06. The summed E-state index contributed by atoms with van der Waals surface area (Å²) >= 11 is 7.85. The Balaban J connectivity index is 0.00000200. The van der Waals surface area contributed by atoms with Gasteiger partial charge in [0.2, 0.25) is 5.91 Å². The molecule has 0 spiro atoms. The molecule has 20 heavy (non-hydrogen) atoms. The summed E-state index contributed by atoms with van der Waals surface area (Å²) in [7, 11) is 0. The summed E-state index contributed by atoms with van der Waals surface area (Å²) in [4.78, 5) is 14.4. The quantitative estimate of drug-likeness (QED) is 0.922. The molecule has 1 aromatic carbocycles. The Bertz CT molecular complexity index is 459. The summed E-state index contributed by atoms with van der Waals surface area (Å²) in [6.45, 7) is 4.29. The van der Waals surface area contributed by atoms with Crippen molar-refractivity contribution >= 4 is 41.7 Å². The van der Waals surface area contributed by atoms with Crippen molar-refractivity contribution in [2.24, 2.45) is 0 Å². The van der Waals surface area contributed by atoms with Crippen LogP contribution in [0.15, 0.2) is 24.3 Å². The van der Waals surface area contributed by atoms with Gasteiger partial charge >= 0.3 is 0 Å². The number of benzene rings is 1. The molecule has 1 aliphatic heterocycles. The number of piperazine rings is 1. The lowest BCUT2D eigenvalue weighted by molar-refractivity contribution is -0.133. The molecule has 1 heterocycles. The minimum Gasteiger partial charge on any atom is -0.332 e. The molecule has 112 valence electrons. The molecule has 2 unspecified atom stereocenters. The van der Waals surface area contributed by atoms with E-state index in [0.717, 1.165) is 30.2 Å². The molecule has 0 radical (unpaired) electrons. The molecule has 0 aromatic heterocycles. The van der Waals surface area contributed by atoms with Crippen molar-refractivity contribution in [1.82, 2.24) is 10.2 Å². The van der Waals surface area contributed by atoms with Crippen LogP contribution >= 0.6 is 35.8 Å². The van der Waals surface area contributed by atoms with Gasteiger partial charge in [0.25, 0.3) is 0 Å². The van der Waals surface area contributed by atoms with Gasteiger partial charge in [-0.25, -0.2) is 0 Å². The smallest absolute Gasteiger partial charge is 0.235 e. The van der Waals surface area contributed by atoms with E-state index in [2.05, 4.69) is 5.32 Å². The van der Waals surface area contributed by atoms with Gasteiger partial charge in [-0.15, -0.1) is 12.4 Å². The van der Waals surface area contributed by atoms with Gasteiger partial charge in [0, 0.05) is 24.7 Å². The standard InChI is InChI=1S/C14H19ClN2OS.ClH/c1-10(19-2)14(18)17-8-7-16-9-13(17)11-5-3-4-6-12(11)15;/h3-6,10,13,16H,7-9H2,1-2H3;1H. The van der Waals surface area contributed by atoms with Gasteiger partial charge in [-0.2, -0.15) is 11.8 Å². The third kappa shape index (κ3) is 3.82. The largest absolute Gasteiger partial charge is 0.332 e. The average Bonchev–Trinajstić information content (AvgIpc) is 2.46. The van der Waals surface area contributed by atoms with Gasteiger partial charge in [0.15, 0.2) is 0 Å². The number of halogens is 2. The summed E-state index contributed by atoms with van der Waals surface area (Å²) in [6.07, 6.45) is 1.97. The maximum atomic E-state index is 12.5. The van der Waals surface area contributed by atoms with Crippen molar-refractivity contribution in [3.8, 4) is 0 Å². The first-order valence-electron chi connectivity index (χ1n) is 6.43. The maximum Gasteiger partial charge on any atom is 0.235 e. The van der Waals surface area contributed by atoms with Gasteiger partial charge in [-0.3, -0.25) is 4.79 Å². The predicted molar refractivity (Wildman–Crippen MR) is 89.0 cm³/mol. The molecule has 1 aromatic rings. The molecule has 2 atom stereocenters. The SMILES string of the molecule is CSC(C)C(=O)N1CCNCC1c1ccccc1Cl.Cl. The maximum absolute atomic E-state index is 12.5. The van der Waals surface area contributed by atoms with E-state index in [4.69, 9.17) is 11.6 Å². The Morgan fingerprint density at radius 3 is 2.85 bits per heavy atom. The molecule has 3 nitrogen and oxygen atoms in total. The number of hydrogen-bond acceptors (Lipinski definition) is 3. The zero-order valence-corrected chi connectivity index (χ0v) is 14.0. The Morgan fingerprint density at radius 2 is 2.20 bits per heavy atom. The molecule has 1 amide bonds. The van der Waals surface area contributed by atoms with Crippen molar-refractivity contribution < 1.29 is 4.79 Å². The topological polar surface area (TPSA) is 32.3 Å². The molecule has 1 fully saturated rings.